The van der Waals surface area contributed by atoms with Gasteiger partial charge < -0.3 is 10.4 Å². The highest BCUT2D eigenvalue weighted by Gasteiger charge is 2.33. The van der Waals surface area contributed by atoms with E-state index in [4.69, 9.17) is 0 Å². The Morgan fingerprint density at radius 2 is 1.65 bits per heavy atom. The molecule has 122 valence electrons. The molecule has 0 radical (unpaired) electrons. The summed E-state index contributed by atoms with van der Waals surface area (Å²) in [5.41, 5.74) is 3.52. The molecule has 0 aliphatic carbocycles. The van der Waals surface area contributed by atoms with Crippen LogP contribution in [0.3, 0.4) is 0 Å². The molecular formula is C20H26N2O. The van der Waals surface area contributed by atoms with Crippen molar-refractivity contribution in [3.8, 4) is 0 Å². The number of aliphatic hydroxyl groups is 1. The maximum Gasteiger partial charge on any atom is 0.0662 e. The van der Waals surface area contributed by atoms with E-state index in [0.717, 1.165) is 38.2 Å². The van der Waals surface area contributed by atoms with Gasteiger partial charge in [-0.15, -0.1) is 0 Å². The summed E-state index contributed by atoms with van der Waals surface area (Å²) in [6, 6.07) is 19.0. The first-order valence-electron chi connectivity index (χ1n) is 8.41. The fourth-order valence-corrected chi connectivity index (χ4v) is 3.25. The second kappa shape index (κ2) is 7.16. The van der Waals surface area contributed by atoms with E-state index >= 15 is 0 Å². The molecule has 1 aliphatic rings. The van der Waals surface area contributed by atoms with Crippen molar-refractivity contribution in [3.05, 3.63) is 65.7 Å². The molecule has 0 bridgehead atoms. The second-order valence-electron chi connectivity index (χ2n) is 6.69. The summed E-state index contributed by atoms with van der Waals surface area (Å²) in [5, 5.41) is 13.5. The van der Waals surface area contributed by atoms with E-state index in [1.54, 1.807) is 0 Å². The van der Waals surface area contributed by atoms with Gasteiger partial charge in [0.25, 0.3) is 0 Å². The van der Waals surface area contributed by atoms with Crippen LogP contribution in [0.25, 0.3) is 0 Å². The molecule has 0 aromatic heterocycles. The molecule has 0 atom stereocenters. The van der Waals surface area contributed by atoms with Crippen LogP contribution in [0.4, 0.5) is 5.69 Å². The number of aryl methyl sites for hydroxylation is 1. The molecule has 2 aromatic carbocycles. The molecule has 0 unspecified atom stereocenters. The van der Waals surface area contributed by atoms with E-state index in [9.17, 15) is 5.11 Å². The van der Waals surface area contributed by atoms with Gasteiger partial charge in [-0.3, -0.25) is 4.90 Å². The predicted molar refractivity (Wildman–Crippen MR) is 95.6 cm³/mol. The molecule has 1 heterocycles. The van der Waals surface area contributed by atoms with E-state index in [-0.39, 0.29) is 12.1 Å². The van der Waals surface area contributed by atoms with Crippen molar-refractivity contribution >= 4 is 5.69 Å². The minimum atomic E-state index is -0.192. The molecule has 23 heavy (non-hydrogen) atoms. The normalized spacial score (nSPS) is 17.8. The Kier molecular flexibility index (Phi) is 4.99. The van der Waals surface area contributed by atoms with Gasteiger partial charge in [0, 0.05) is 25.3 Å². The molecule has 1 aliphatic heterocycles. The summed E-state index contributed by atoms with van der Waals surface area (Å²) < 4.78 is 0. The van der Waals surface area contributed by atoms with Crippen molar-refractivity contribution in [2.45, 2.75) is 31.8 Å². The molecule has 0 amide bonds. The van der Waals surface area contributed by atoms with Crippen LogP contribution in [-0.2, 0) is 6.54 Å². The smallest absolute Gasteiger partial charge is 0.0662 e. The zero-order valence-corrected chi connectivity index (χ0v) is 13.8. The number of likely N-dealkylation sites (tertiary alicyclic amines) is 1. The number of hydrogen-bond acceptors (Lipinski definition) is 3. The Morgan fingerprint density at radius 3 is 2.26 bits per heavy atom. The van der Waals surface area contributed by atoms with Crippen molar-refractivity contribution in [3.63, 3.8) is 0 Å². The van der Waals surface area contributed by atoms with Crippen LogP contribution in [0.5, 0.6) is 0 Å². The number of nitrogens with one attached hydrogen (secondary N) is 1. The van der Waals surface area contributed by atoms with Crippen LogP contribution in [0.15, 0.2) is 54.6 Å². The van der Waals surface area contributed by atoms with Crippen LogP contribution in [0.2, 0.25) is 0 Å². The number of piperidine rings is 1. The number of hydrogen-bond donors (Lipinski definition) is 2. The molecule has 2 aromatic rings. The average molecular weight is 310 g/mol. The molecule has 3 heteroatoms. The third-order valence-electron chi connectivity index (χ3n) is 4.83. The van der Waals surface area contributed by atoms with Gasteiger partial charge >= 0.3 is 0 Å². The first-order chi connectivity index (χ1) is 11.2. The topological polar surface area (TPSA) is 35.5 Å². The summed E-state index contributed by atoms with van der Waals surface area (Å²) in [6.45, 7) is 5.28. The Morgan fingerprint density at radius 1 is 1.00 bits per heavy atom. The maximum atomic E-state index is 9.95. The van der Waals surface area contributed by atoms with Gasteiger partial charge in [-0.2, -0.15) is 0 Å². The van der Waals surface area contributed by atoms with E-state index in [1.807, 2.05) is 0 Å². The first-order valence-corrected chi connectivity index (χ1v) is 8.41. The van der Waals surface area contributed by atoms with Crippen molar-refractivity contribution in [1.82, 2.24) is 4.90 Å². The lowest BCUT2D eigenvalue weighted by Gasteiger charge is -2.42. The SMILES string of the molecule is Cc1ccc(NC2(CO)CCN(Cc3ccccc3)CC2)cc1. The highest BCUT2D eigenvalue weighted by Crippen LogP contribution is 2.27. The van der Waals surface area contributed by atoms with Crippen LogP contribution in [-0.4, -0.2) is 35.2 Å². The fourth-order valence-electron chi connectivity index (χ4n) is 3.25. The highest BCUT2D eigenvalue weighted by atomic mass is 16.3. The Hall–Kier alpha value is -1.84. The van der Waals surface area contributed by atoms with Crippen molar-refractivity contribution < 1.29 is 5.11 Å². The quantitative estimate of drug-likeness (QED) is 0.888. The molecular weight excluding hydrogens is 284 g/mol. The third kappa shape index (κ3) is 4.12. The lowest BCUT2D eigenvalue weighted by molar-refractivity contribution is 0.115. The van der Waals surface area contributed by atoms with Gasteiger partial charge in [-0.25, -0.2) is 0 Å². The van der Waals surface area contributed by atoms with Crippen LogP contribution in [0.1, 0.15) is 24.0 Å². The van der Waals surface area contributed by atoms with Gasteiger partial charge in [0.05, 0.1) is 12.1 Å². The number of aliphatic hydroxyl groups excluding tert-OH is 1. The largest absolute Gasteiger partial charge is 0.394 e. The lowest BCUT2D eigenvalue weighted by atomic mass is 9.87. The van der Waals surface area contributed by atoms with Crippen LogP contribution >= 0.6 is 0 Å². The van der Waals surface area contributed by atoms with E-state index in [0.29, 0.717) is 0 Å². The summed E-state index contributed by atoms with van der Waals surface area (Å²) in [5.74, 6) is 0. The minimum absolute atomic E-state index is 0.181. The van der Waals surface area contributed by atoms with Crippen LogP contribution < -0.4 is 5.32 Å². The average Bonchev–Trinajstić information content (AvgIpc) is 2.60. The summed E-state index contributed by atoms with van der Waals surface area (Å²) in [4.78, 5) is 2.47. The lowest BCUT2D eigenvalue weighted by Crippen LogP contribution is -2.51. The second-order valence-corrected chi connectivity index (χ2v) is 6.69. The third-order valence-corrected chi connectivity index (χ3v) is 4.83. The van der Waals surface area contributed by atoms with E-state index in [1.165, 1.54) is 11.1 Å². The van der Waals surface area contributed by atoms with E-state index < -0.39 is 0 Å². The van der Waals surface area contributed by atoms with Crippen molar-refractivity contribution in [2.75, 3.05) is 25.0 Å². The zero-order chi connectivity index (χ0) is 16.1. The highest BCUT2D eigenvalue weighted by molar-refractivity contribution is 5.47. The standard InChI is InChI=1S/C20H26N2O/c1-17-7-9-19(10-8-17)21-20(16-23)11-13-22(14-12-20)15-18-5-3-2-4-6-18/h2-10,21,23H,11-16H2,1H3. The molecule has 2 N–H and O–H groups in total. The maximum absolute atomic E-state index is 9.95. The van der Waals surface area contributed by atoms with Gasteiger partial charge in [0.1, 0.15) is 0 Å². The van der Waals surface area contributed by atoms with E-state index in [2.05, 4.69) is 71.7 Å². The fraction of sp³-hybridized carbons (Fsp3) is 0.400. The first kappa shape index (κ1) is 16.0. The molecule has 3 rings (SSSR count). The monoisotopic (exact) mass is 310 g/mol. The minimum Gasteiger partial charge on any atom is -0.394 e. The van der Waals surface area contributed by atoms with Crippen molar-refractivity contribution in [2.24, 2.45) is 0 Å². The summed E-state index contributed by atoms with van der Waals surface area (Å²) >= 11 is 0. The Labute approximate surface area is 139 Å². The Bertz CT molecular complexity index is 601. The number of anilines is 1. The molecule has 0 saturated carbocycles. The molecule has 1 fully saturated rings. The predicted octanol–water partition coefficient (Wildman–Crippen LogP) is 3.43. The van der Waals surface area contributed by atoms with Crippen LogP contribution in [0, 0.1) is 6.92 Å². The number of rotatable bonds is 5. The van der Waals surface area contributed by atoms with Gasteiger partial charge in [-0.1, -0.05) is 48.0 Å². The molecule has 1 saturated heterocycles. The number of benzene rings is 2. The van der Waals surface area contributed by atoms with Gasteiger partial charge in [0.15, 0.2) is 0 Å². The number of nitrogens with zero attached hydrogens (tertiary/aromatic N) is 1. The zero-order valence-electron chi connectivity index (χ0n) is 13.8. The molecule has 3 nitrogen and oxygen atoms in total. The van der Waals surface area contributed by atoms with Crippen molar-refractivity contribution in [1.29, 1.82) is 0 Å². The van der Waals surface area contributed by atoms with Gasteiger partial charge in [0.2, 0.25) is 0 Å². The molecule has 0 spiro atoms. The van der Waals surface area contributed by atoms with Gasteiger partial charge in [-0.05, 0) is 37.5 Å². The summed E-state index contributed by atoms with van der Waals surface area (Å²) in [6.07, 6.45) is 1.93. The Balaban J connectivity index is 1.59. The summed E-state index contributed by atoms with van der Waals surface area (Å²) in [7, 11) is 0.